The molecule has 7 N–H and O–H groups in total. The second-order valence-corrected chi connectivity index (χ2v) is 12.1. The van der Waals surface area contributed by atoms with Crippen LogP contribution in [-0.4, -0.2) is 49.1 Å². The standard InChI is InChI=1S/C36H38N8O3/c1-43-19-24(40-21-43)20-44-18-23(7-11-33(46)39-13-12-37)26-9-6-22(14-32(26)44)16-38-17-31-34(28-4-2-3-5-30(28)41-31)35-29-15-25(45)8-10-27(29)36(47)42-35/h2-6,8-10,14-15,18-19,21,35,38,41,45H,7,11-13,16-17,20,37H2,1H3,(H,39,46)(H,42,47). The van der Waals surface area contributed by atoms with Crippen molar-refractivity contribution in [2.75, 3.05) is 13.1 Å². The molecule has 0 spiro atoms. The lowest BCUT2D eigenvalue weighted by atomic mass is 9.95. The highest BCUT2D eigenvalue weighted by molar-refractivity contribution is 6.01. The maximum absolute atomic E-state index is 12.8. The van der Waals surface area contributed by atoms with E-state index in [0.29, 0.717) is 51.1 Å². The molecule has 0 saturated heterocycles. The van der Waals surface area contributed by atoms with E-state index in [1.807, 2.05) is 36.0 Å². The Kier molecular flexibility index (Phi) is 8.23. The molecule has 0 aliphatic carbocycles. The summed E-state index contributed by atoms with van der Waals surface area (Å²) in [5.74, 6) is -0.0200. The molecule has 3 aromatic carbocycles. The van der Waals surface area contributed by atoms with Crippen LogP contribution < -0.4 is 21.7 Å². The number of carbonyl (C=O) groups excluding carboxylic acids is 2. The number of aromatic amines is 1. The number of para-hydroxylation sites is 1. The predicted octanol–water partition coefficient (Wildman–Crippen LogP) is 3.74. The number of hydrogen-bond donors (Lipinski definition) is 6. The number of fused-ring (bicyclic) bond motifs is 3. The van der Waals surface area contributed by atoms with Crippen molar-refractivity contribution in [1.82, 2.24) is 35.1 Å². The zero-order chi connectivity index (χ0) is 32.5. The second kappa shape index (κ2) is 12.8. The first-order valence-electron chi connectivity index (χ1n) is 15.9. The SMILES string of the molecule is Cn1cnc(Cn2cc(CCC(=O)NCCN)c3ccc(CNCc4[nH]c5ccccc5c4C4NC(=O)c5ccc(O)cc54)cc32)c1. The van der Waals surface area contributed by atoms with E-state index in [9.17, 15) is 14.7 Å². The largest absolute Gasteiger partial charge is 0.508 e. The van der Waals surface area contributed by atoms with Crippen molar-refractivity contribution in [3.8, 4) is 5.75 Å². The highest BCUT2D eigenvalue weighted by Gasteiger charge is 2.33. The fourth-order valence-electron chi connectivity index (χ4n) is 6.66. The maximum Gasteiger partial charge on any atom is 0.252 e. The van der Waals surface area contributed by atoms with Crippen molar-refractivity contribution in [3.63, 3.8) is 0 Å². The number of phenolic OH excluding ortho intramolecular Hbond substituents is 1. The van der Waals surface area contributed by atoms with Gasteiger partial charge in [0, 0.05) is 90.7 Å². The van der Waals surface area contributed by atoms with E-state index in [0.717, 1.165) is 55.4 Å². The second-order valence-electron chi connectivity index (χ2n) is 12.1. The van der Waals surface area contributed by atoms with E-state index in [1.54, 1.807) is 24.5 Å². The number of H-pyrrole nitrogens is 1. The summed E-state index contributed by atoms with van der Waals surface area (Å²) in [7, 11) is 1.96. The Bertz CT molecular complexity index is 2110. The Morgan fingerprint density at radius 2 is 1.94 bits per heavy atom. The fourth-order valence-corrected chi connectivity index (χ4v) is 6.66. The van der Waals surface area contributed by atoms with Gasteiger partial charge >= 0.3 is 0 Å². The van der Waals surface area contributed by atoms with Crippen LogP contribution in [0.25, 0.3) is 21.8 Å². The summed E-state index contributed by atoms with van der Waals surface area (Å²) in [5.41, 5.74) is 14.1. The Hall–Kier alpha value is -5.39. The highest BCUT2D eigenvalue weighted by atomic mass is 16.3. The highest BCUT2D eigenvalue weighted by Crippen LogP contribution is 2.38. The lowest BCUT2D eigenvalue weighted by Crippen LogP contribution is -2.29. The van der Waals surface area contributed by atoms with Gasteiger partial charge in [-0.3, -0.25) is 9.59 Å². The average molecular weight is 631 g/mol. The van der Waals surface area contributed by atoms with Crippen LogP contribution in [0.2, 0.25) is 0 Å². The zero-order valence-electron chi connectivity index (χ0n) is 26.2. The van der Waals surface area contributed by atoms with Crippen LogP contribution >= 0.6 is 0 Å². The minimum atomic E-state index is -0.375. The lowest BCUT2D eigenvalue weighted by Gasteiger charge is -2.15. The molecule has 2 amide bonds. The molecule has 47 heavy (non-hydrogen) atoms. The van der Waals surface area contributed by atoms with E-state index in [4.69, 9.17) is 5.73 Å². The number of aryl methyl sites for hydroxylation is 2. The number of benzene rings is 3. The number of carbonyl (C=O) groups is 2. The van der Waals surface area contributed by atoms with Gasteiger partial charge < -0.3 is 40.9 Å². The fraction of sp³-hybridized carbons (Fsp3) is 0.250. The maximum atomic E-state index is 12.8. The van der Waals surface area contributed by atoms with Crippen LogP contribution in [0.4, 0.5) is 0 Å². The van der Waals surface area contributed by atoms with Crippen molar-refractivity contribution in [1.29, 1.82) is 0 Å². The van der Waals surface area contributed by atoms with Crippen LogP contribution in [0, 0.1) is 0 Å². The van der Waals surface area contributed by atoms with Crippen LogP contribution in [0.1, 0.15) is 56.5 Å². The zero-order valence-corrected chi connectivity index (χ0v) is 26.2. The van der Waals surface area contributed by atoms with E-state index in [-0.39, 0.29) is 23.6 Å². The molecule has 11 heteroatoms. The van der Waals surface area contributed by atoms with Gasteiger partial charge in [-0.15, -0.1) is 0 Å². The number of nitrogens with zero attached hydrogens (tertiary/aromatic N) is 3. The van der Waals surface area contributed by atoms with Gasteiger partial charge in [0.2, 0.25) is 5.91 Å². The van der Waals surface area contributed by atoms with Gasteiger partial charge in [-0.1, -0.05) is 30.3 Å². The van der Waals surface area contributed by atoms with E-state index in [2.05, 4.69) is 60.9 Å². The molecule has 0 bridgehead atoms. The number of aromatic hydroxyl groups is 1. The number of nitrogens with one attached hydrogen (secondary N) is 4. The van der Waals surface area contributed by atoms with Gasteiger partial charge in [-0.05, 0) is 53.4 Å². The molecule has 0 fully saturated rings. The predicted molar refractivity (Wildman–Crippen MR) is 181 cm³/mol. The number of amides is 2. The Morgan fingerprint density at radius 3 is 2.77 bits per heavy atom. The Balaban J connectivity index is 1.14. The minimum Gasteiger partial charge on any atom is -0.508 e. The molecule has 0 saturated carbocycles. The van der Waals surface area contributed by atoms with Crippen LogP contribution in [-0.2, 0) is 37.9 Å². The summed E-state index contributed by atoms with van der Waals surface area (Å²) in [6, 6.07) is 19.1. The van der Waals surface area contributed by atoms with Gasteiger partial charge in [0.1, 0.15) is 5.75 Å². The average Bonchev–Trinajstić information content (AvgIpc) is 3.82. The van der Waals surface area contributed by atoms with Crippen LogP contribution in [0.5, 0.6) is 5.75 Å². The van der Waals surface area contributed by atoms with Gasteiger partial charge in [0.05, 0.1) is 24.6 Å². The first-order valence-corrected chi connectivity index (χ1v) is 15.9. The molecule has 1 atom stereocenters. The van der Waals surface area contributed by atoms with Crippen molar-refractivity contribution in [2.45, 2.75) is 38.5 Å². The third-order valence-corrected chi connectivity index (χ3v) is 8.82. The van der Waals surface area contributed by atoms with Crippen molar-refractivity contribution in [3.05, 3.63) is 119 Å². The van der Waals surface area contributed by atoms with Gasteiger partial charge in [-0.2, -0.15) is 0 Å². The molecule has 1 aliphatic heterocycles. The molecular weight excluding hydrogens is 592 g/mol. The normalized spacial score (nSPS) is 14.2. The molecule has 6 aromatic rings. The van der Waals surface area contributed by atoms with Crippen molar-refractivity contribution >= 4 is 33.6 Å². The van der Waals surface area contributed by atoms with Gasteiger partial charge in [0.15, 0.2) is 0 Å². The molecule has 1 aliphatic rings. The van der Waals surface area contributed by atoms with E-state index in [1.165, 1.54) is 0 Å². The molecular formula is C36H38N8O3. The molecule has 4 heterocycles. The van der Waals surface area contributed by atoms with Gasteiger partial charge in [0.25, 0.3) is 5.91 Å². The number of hydrogen-bond acceptors (Lipinski definition) is 6. The monoisotopic (exact) mass is 630 g/mol. The summed E-state index contributed by atoms with van der Waals surface area (Å²) in [6.45, 7) is 2.67. The number of nitrogens with two attached hydrogens (primary N) is 1. The summed E-state index contributed by atoms with van der Waals surface area (Å²) < 4.78 is 4.15. The first-order chi connectivity index (χ1) is 22.9. The molecule has 1 unspecified atom stereocenters. The number of rotatable bonds is 12. The van der Waals surface area contributed by atoms with E-state index >= 15 is 0 Å². The third-order valence-electron chi connectivity index (χ3n) is 8.82. The van der Waals surface area contributed by atoms with Crippen LogP contribution in [0.3, 0.4) is 0 Å². The Labute approximate surface area is 271 Å². The summed E-state index contributed by atoms with van der Waals surface area (Å²) in [6.07, 6.45) is 6.97. The molecule has 0 radical (unpaired) electrons. The summed E-state index contributed by atoms with van der Waals surface area (Å²) in [4.78, 5) is 33.3. The minimum absolute atomic E-state index is 0.00398. The van der Waals surface area contributed by atoms with Crippen molar-refractivity contribution < 1.29 is 14.7 Å². The number of phenols is 1. The molecule has 7 rings (SSSR count). The molecule has 240 valence electrons. The quantitative estimate of drug-likeness (QED) is 0.121. The van der Waals surface area contributed by atoms with E-state index < -0.39 is 0 Å². The summed E-state index contributed by atoms with van der Waals surface area (Å²) >= 11 is 0. The Morgan fingerprint density at radius 1 is 1.06 bits per heavy atom. The summed E-state index contributed by atoms with van der Waals surface area (Å²) in [5, 5.41) is 22.0. The lowest BCUT2D eigenvalue weighted by molar-refractivity contribution is -0.121. The first kappa shape index (κ1) is 30.3. The topological polar surface area (TPSA) is 155 Å². The van der Waals surface area contributed by atoms with Crippen LogP contribution in [0.15, 0.2) is 79.4 Å². The number of aromatic nitrogens is 4. The smallest absolute Gasteiger partial charge is 0.252 e. The van der Waals surface area contributed by atoms with Crippen molar-refractivity contribution in [2.24, 2.45) is 12.8 Å². The molecule has 11 nitrogen and oxygen atoms in total. The number of imidazole rings is 1. The van der Waals surface area contributed by atoms with Gasteiger partial charge in [-0.25, -0.2) is 4.98 Å². The molecule has 3 aromatic heterocycles. The third kappa shape index (κ3) is 6.10.